The first-order chi connectivity index (χ1) is 7.42. The number of ether oxygens (including phenoxy) is 1. The summed E-state index contributed by atoms with van der Waals surface area (Å²) in [4.78, 5) is 13.5. The van der Waals surface area contributed by atoms with Crippen LogP contribution in [0.15, 0.2) is 0 Å². The Balaban J connectivity index is 2.33. The fourth-order valence-electron chi connectivity index (χ4n) is 1.38. The van der Waals surface area contributed by atoms with Gasteiger partial charge in [-0.1, -0.05) is 0 Å². The number of carbonyl (C=O) groups is 1. The molecule has 1 aliphatic rings. The van der Waals surface area contributed by atoms with Crippen LogP contribution in [0.3, 0.4) is 0 Å². The standard InChI is InChI=1S/C10H20N2O3S/c1-10(2,3)15-9(13)11-5-7-12(8-6-11)16-14-4/h5-8H2,1-4H3. The number of amides is 1. The van der Waals surface area contributed by atoms with Crippen LogP contribution in [0.5, 0.6) is 0 Å². The Labute approximate surface area is 101 Å². The van der Waals surface area contributed by atoms with Crippen LogP contribution in [0.25, 0.3) is 0 Å². The van der Waals surface area contributed by atoms with Gasteiger partial charge in [0.1, 0.15) is 5.60 Å². The van der Waals surface area contributed by atoms with E-state index in [-0.39, 0.29) is 6.09 Å². The lowest BCUT2D eigenvalue weighted by atomic mass is 10.2. The van der Waals surface area contributed by atoms with E-state index in [1.807, 2.05) is 20.8 Å². The fourth-order valence-corrected chi connectivity index (χ4v) is 1.90. The zero-order valence-corrected chi connectivity index (χ0v) is 11.2. The molecule has 0 aliphatic carbocycles. The summed E-state index contributed by atoms with van der Waals surface area (Å²) in [6.45, 7) is 8.61. The van der Waals surface area contributed by atoms with Crippen molar-refractivity contribution in [2.75, 3.05) is 33.3 Å². The maximum Gasteiger partial charge on any atom is 0.410 e. The molecule has 1 rings (SSSR count). The van der Waals surface area contributed by atoms with Crippen molar-refractivity contribution in [2.24, 2.45) is 0 Å². The van der Waals surface area contributed by atoms with Crippen molar-refractivity contribution in [2.45, 2.75) is 26.4 Å². The van der Waals surface area contributed by atoms with Crippen LogP contribution < -0.4 is 0 Å². The molecule has 16 heavy (non-hydrogen) atoms. The van der Waals surface area contributed by atoms with E-state index in [4.69, 9.17) is 8.92 Å². The quantitative estimate of drug-likeness (QED) is 0.550. The lowest BCUT2D eigenvalue weighted by Crippen LogP contribution is -2.47. The van der Waals surface area contributed by atoms with Crippen LogP contribution in [0.2, 0.25) is 0 Å². The van der Waals surface area contributed by atoms with E-state index in [0.717, 1.165) is 13.1 Å². The van der Waals surface area contributed by atoms with Gasteiger partial charge in [-0.25, -0.2) is 9.10 Å². The maximum absolute atomic E-state index is 11.7. The van der Waals surface area contributed by atoms with Crippen LogP contribution in [0, 0.1) is 0 Å². The van der Waals surface area contributed by atoms with Crippen molar-refractivity contribution in [3.05, 3.63) is 0 Å². The Bertz CT molecular complexity index is 235. The minimum atomic E-state index is -0.421. The van der Waals surface area contributed by atoms with Gasteiger partial charge in [-0.2, -0.15) is 0 Å². The van der Waals surface area contributed by atoms with Crippen molar-refractivity contribution in [1.29, 1.82) is 0 Å². The second kappa shape index (κ2) is 5.75. The van der Waals surface area contributed by atoms with E-state index < -0.39 is 5.60 Å². The van der Waals surface area contributed by atoms with Gasteiger partial charge in [0.2, 0.25) is 0 Å². The van der Waals surface area contributed by atoms with Crippen LogP contribution >= 0.6 is 12.2 Å². The fraction of sp³-hybridized carbons (Fsp3) is 0.900. The molecule has 0 saturated carbocycles. The summed E-state index contributed by atoms with van der Waals surface area (Å²) < 4.78 is 12.4. The Kier molecular flexibility index (Phi) is 4.89. The molecule has 1 aliphatic heterocycles. The van der Waals surface area contributed by atoms with Crippen molar-refractivity contribution in [1.82, 2.24) is 9.21 Å². The predicted molar refractivity (Wildman–Crippen MR) is 64.0 cm³/mol. The minimum Gasteiger partial charge on any atom is -0.444 e. The normalized spacial score (nSPS) is 18.6. The molecule has 5 nitrogen and oxygen atoms in total. The van der Waals surface area contributed by atoms with Crippen LogP contribution in [0.4, 0.5) is 4.79 Å². The van der Waals surface area contributed by atoms with Gasteiger partial charge in [-0.05, 0) is 20.8 Å². The van der Waals surface area contributed by atoms with Crippen molar-refractivity contribution in [3.8, 4) is 0 Å². The third-order valence-corrected chi connectivity index (χ3v) is 2.80. The van der Waals surface area contributed by atoms with Crippen molar-refractivity contribution >= 4 is 18.3 Å². The van der Waals surface area contributed by atoms with Gasteiger partial charge < -0.3 is 13.8 Å². The number of hydrogen-bond donors (Lipinski definition) is 0. The summed E-state index contributed by atoms with van der Waals surface area (Å²) >= 11 is 1.33. The molecule has 94 valence electrons. The highest BCUT2D eigenvalue weighted by molar-refractivity contribution is 7.92. The molecule has 1 amide bonds. The highest BCUT2D eigenvalue weighted by Gasteiger charge is 2.25. The number of carbonyl (C=O) groups excluding carboxylic acids is 1. The zero-order chi connectivity index (χ0) is 12.2. The molecule has 0 spiro atoms. The molecule has 0 atom stereocenters. The van der Waals surface area contributed by atoms with Crippen LogP contribution in [0.1, 0.15) is 20.8 Å². The summed E-state index contributed by atoms with van der Waals surface area (Å²) in [6.07, 6.45) is -0.227. The van der Waals surface area contributed by atoms with Crippen molar-refractivity contribution < 1.29 is 13.7 Å². The third-order valence-electron chi connectivity index (χ3n) is 2.07. The largest absolute Gasteiger partial charge is 0.444 e. The average molecular weight is 248 g/mol. The maximum atomic E-state index is 11.7. The molecule has 0 bridgehead atoms. The summed E-state index contributed by atoms with van der Waals surface area (Å²) in [7, 11) is 1.64. The highest BCUT2D eigenvalue weighted by atomic mass is 32.2. The average Bonchev–Trinajstić information content (AvgIpc) is 2.16. The Morgan fingerprint density at radius 3 is 2.19 bits per heavy atom. The molecule has 1 saturated heterocycles. The summed E-state index contributed by atoms with van der Waals surface area (Å²) in [5.74, 6) is 0. The van der Waals surface area contributed by atoms with Gasteiger partial charge in [0, 0.05) is 26.2 Å². The molecule has 0 N–H and O–H groups in total. The minimum absolute atomic E-state index is 0.227. The number of hydrogen-bond acceptors (Lipinski definition) is 5. The SMILES string of the molecule is COSN1CCN(C(=O)OC(C)(C)C)CC1. The summed E-state index contributed by atoms with van der Waals surface area (Å²) in [6, 6.07) is 0. The molecular weight excluding hydrogens is 228 g/mol. The van der Waals surface area contributed by atoms with Crippen molar-refractivity contribution in [3.63, 3.8) is 0 Å². The van der Waals surface area contributed by atoms with E-state index in [0.29, 0.717) is 13.1 Å². The highest BCUT2D eigenvalue weighted by Crippen LogP contribution is 2.16. The molecular formula is C10H20N2O3S. The van der Waals surface area contributed by atoms with Gasteiger partial charge in [0.05, 0.1) is 19.3 Å². The molecule has 0 unspecified atom stereocenters. The third kappa shape index (κ3) is 4.59. The molecule has 0 aromatic heterocycles. The van der Waals surface area contributed by atoms with Gasteiger partial charge in [-0.3, -0.25) is 0 Å². The number of nitrogens with zero attached hydrogens (tertiary/aromatic N) is 2. The smallest absolute Gasteiger partial charge is 0.410 e. The molecule has 1 heterocycles. The monoisotopic (exact) mass is 248 g/mol. The Morgan fingerprint density at radius 1 is 1.19 bits per heavy atom. The van der Waals surface area contributed by atoms with E-state index in [9.17, 15) is 4.79 Å². The number of rotatable bonds is 2. The van der Waals surface area contributed by atoms with Gasteiger partial charge in [0.25, 0.3) is 0 Å². The summed E-state index contributed by atoms with van der Waals surface area (Å²) in [5.41, 5.74) is -0.421. The van der Waals surface area contributed by atoms with Gasteiger partial charge in [0.15, 0.2) is 0 Å². The number of piperazine rings is 1. The van der Waals surface area contributed by atoms with Crippen LogP contribution in [-0.2, 0) is 8.92 Å². The molecule has 6 heteroatoms. The van der Waals surface area contributed by atoms with E-state index in [2.05, 4.69) is 4.31 Å². The first kappa shape index (κ1) is 13.6. The van der Waals surface area contributed by atoms with Crippen LogP contribution in [-0.4, -0.2) is 54.2 Å². The van der Waals surface area contributed by atoms with E-state index in [1.54, 1.807) is 12.0 Å². The second-order valence-electron chi connectivity index (χ2n) is 4.64. The Hall–Kier alpha value is -0.460. The lowest BCUT2D eigenvalue weighted by Gasteiger charge is -2.34. The predicted octanol–water partition coefficient (Wildman–Crippen LogP) is 1.75. The summed E-state index contributed by atoms with van der Waals surface area (Å²) in [5, 5.41) is 0. The van der Waals surface area contributed by atoms with Gasteiger partial charge >= 0.3 is 6.09 Å². The lowest BCUT2D eigenvalue weighted by molar-refractivity contribution is 0.0195. The van der Waals surface area contributed by atoms with E-state index in [1.165, 1.54) is 12.2 Å². The molecule has 0 aromatic rings. The Morgan fingerprint density at radius 2 is 1.75 bits per heavy atom. The first-order valence-electron chi connectivity index (χ1n) is 5.36. The molecule has 0 aromatic carbocycles. The first-order valence-corrected chi connectivity index (χ1v) is 6.06. The topological polar surface area (TPSA) is 42.0 Å². The second-order valence-corrected chi connectivity index (χ2v) is 5.64. The molecule has 0 radical (unpaired) electrons. The van der Waals surface area contributed by atoms with Gasteiger partial charge in [-0.15, -0.1) is 0 Å². The molecule has 1 fully saturated rings. The zero-order valence-electron chi connectivity index (χ0n) is 10.4. The van der Waals surface area contributed by atoms with E-state index >= 15 is 0 Å².